The quantitative estimate of drug-likeness (QED) is 0.267. The number of aromatic carboxylic acids is 1. The Hall–Kier alpha value is -3.84. The van der Waals surface area contributed by atoms with Crippen molar-refractivity contribution in [1.82, 2.24) is 10.1 Å². The highest BCUT2D eigenvalue weighted by Gasteiger charge is 2.45. The second-order valence-corrected chi connectivity index (χ2v) is 11.3. The highest BCUT2D eigenvalue weighted by molar-refractivity contribution is 6.33. The predicted octanol–water partition coefficient (Wildman–Crippen LogP) is 7.62. The number of halogens is 1. The molecule has 0 saturated heterocycles. The monoisotopic (exact) mass is 542 g/mol. The second-order valence-electron chi connectivity index (χ2n) is 10.9. The van der Waals surface area contributed by atoms with E-state index in [9.17, 15) is 9.90 Å². The van der Waals surface area contributed by atoms with Gasteiger partial charge in [0.25, 0.3) is 0 Å². The lowest BCUT2D eigenvalue weighted by molar-refractivity contribution is 0.0696. The Morgan fingerprint density at radius 3 is 2.72 bits per heavy atom. The zero-order valence-corrected chi connectivity index (χ0v) is 22.3. The Bertz CT molecular complexity index is 1600. The molecule has 0 unspecified atom stereocenters. The van der Waals surface area contributed by atoms with E-state index in [-0.39, 0.29) is 17.6 Å². The number of rotatable bonds is 6. The summed E-state index contributed by atoms with van der Waals surface area (Å²) in [4.78, 5) is 16.5. The summed E-state index contributed by atoms with van der Waals surface area (Å²) in [6, 6.07) is 14.6. The maximum atomic E-state index is 11.5. The highest BCUT2D eigenvalue weighted by Crippen LogP contribution is 2.53. The molecule has 39 heavy (non-hydrogen) atoms. The summed E-state index contributed by atoms with van der Waals surface area (Å²) in [5, 5.41) is 14.5. The summed E-state index contributed by atoms with van der Waals surface area (Å²) in [5.74, 6) is 1.98. The molecule has 3 aliphatic rings. The van der Waals surface area contributed by atoms with E-state index in [1.807, 2.05) is 43.3 Å². The van der Waals surface area contributed by atoms with Crippen molar-refractivity contribution in [3.8, 4) is 28.6 Å². The lowest BCUT2D eigenvalue weighted by atomic mass is 9.63. The van der Waals surface area contributed by atoms with E-state index in [0.29, 0.717) is 28.3 Å². The Morgan fingerprint density at radius 1 is 1.15 bits per heavy atom. The number of carboxylic acid groups (broad SMARTS) is 1. The van der Waals surface area contributed by atoms with E-state index < -0.39 is 5.97 Å². The van der Waals surface area contributed by atoms with Crippen molar-refractivity contribution in [3.63, 3.8) is 0 Å². The third-order valence-corrected chi connectivity index (χ3v) is 8.61. The molecule has 198 valence electrons. The first-order valence-corrected chi connectivity index (χ1v) is 13.7. The van der Waals surface area contributed by atoms with Crippen LogP contribution in [0.1, 0.15) is 76.5 Å². The Kier molecular flexibility index (Phi) is 5.67. The first-order valence-electron chi connectivity index (χ1n) is 13.3. The SMILES string of the molecule is Cc1cccc(Cl)c1-c1noc(C2CC2)c1COc1ccc2c(n1)C1(CCC1)Cc1ccc(C(=O)O)cc1O2. The molecule has 7 rings (SSSR count). The van der Waals surface area contributed by atoms with Crippen molar-refractivity contribution < 1.29 is 23.9 Å². The Morgan fingerprint density at radius 2 is 2.00 bits per heavy atom. The summed E-state index contributed by atoms with van der Waals surface area (Å²) in [7, 11) is 0. The maximum absolute atomic E-state index is 11.5. The average Bonchev–Trinajstić information content (AvgIpc) is 3.68. The standard InChI is InChI=1S/C31H27ClN2O5/c1-17-4-2-5-22(32)26(17)27-21(28(39-34-27)18-6-7-18)16-37-25-11-10-23-29(33-25)31(12-3-13-31)15-20-9-8-19(30(35)36)14-24(20)38-23/h2,4-5,8-11,14,18H,3,6-7,12-13,15-16H2,1H3,(H,35,36). The molecule has 0 amide bonds. The molecule has 2 aliphatic carbocycles. The van der Waals surface area contributed by atoms with Crippen LogP contribution in [-0.2, 0) is 18.4 Å². The molecule has 2 aromatic heterocycles. The van der Waals surface area contributed by atoms with E-state index in [1.54, 1.807) is 12.1 Å². The Balaban J connectivity index is 1.22. The summed E-state index contributed by atoms with van der Waals surface area (Å²) in [6.07, 6.45) is 6.00. The van der Waals surface area contributed by atoms with Gasteiger partial charge in [0.15, 0.2) is 0 Å². The minimum Gasteiger partial charge on any atom is -0.478 e. The summed E-state index contributed by atoms with van der Waals surface area (Å²) >= 11 is 6.59. The zero-order valence-electron chi connectivity index (χ0n) is 21.5. The van der Waals surface area contributed by atoms with Gasteiger partial charge in [-0.25, -0.2) is 9.78 Å². The second kappa shape index (κ2) is 9.12. The third kappa shape index (κ3) is 4.16. The van der Waals surface area contributed by atoms with E-state index in [4.69, 9.17) is 30.6 Å². The van der Waals surface area contributed by atoms with Gasteiger partial charge in [0.05, 0.1) is 21.8 Å². The van der Waals surface area contributed by atoms with Gasteiger partial charge in [-0.15, -0.1) is 0 Å². The van der Waals surface area contributed by atoms with Gasteiger partial charge in [0, 0.05) is 23.0 Å². The molecule has 1 spiro atoms. The van der Waals surface area contributed by atoms with Gasteiger partial charge >= 0.3 is 5.97 Å². The number of carbonyl (C=O) groups is 1. The fourth-order valence-electron chi connectivity index (χ4n) is 5.89. The predicted molar refractivity (Wildman–Crippen MR) is 145 cm³/mol. The number of hydrogen-bond acceptors (Lipinski definition) is 6. The van der Waals surface area contributed by atoms with Crippen molar-refractivity contribution in [1.29, 1.82) is 0 Å². The Labute approximate surface area is 230 Å². The molecular formula is C31H27ClN2O5. The van der Waals surface area contributed by atoms with Gasteiger partial charge in [-0.1, -0.05) is 41.4 Å². The lowest BCUT2D eigenvalue weighted by Crippen LogP contribution is -2.37. The number of hydrogen-bond donors (Lipinski definition) is 1. The minimum atomic E-state index is -0.975. The normalized spacial score (nSPS) is 17.0. The van der Waals surface area contributed by atoms with Crippen LogP contribution >= 0.6 is 11.6 Å². The van der Waals surface area contributed by atoms with Crippen molar-refractivity contribution in [2.75, 3.05) is 0 Å². The number of benzene rings is 2. The summed E-state index contributed by atoms with van der Waals surface area (Å²) < 4.78 is 18.4. The highest BCUT2D eigenvalue weighted by atomic mass is 35.5. The van der Waals surface area contributed by atoms with Crippen LogP contribution in [0, 0.1) is 6.92 Å². The van der Waals surface area contributed by atoms with Crippen LogP contribution in [0.2, 0.25) is 5.02 Å². The number of pyridine rings is 1. The summed E-state index contributed by atoms with van der Waals surface area (Å²) in [6.45, 7) is 2.28. The van der Waals surface area contributed by atoms with Gasteiger partial charge in [0.2, 0.25) is 5.88 Å². The first kappa shape index (κ1) is 24.2. The van der Waals surface area contributed by atoms with Crippen LogP contribution in [0.3, 0.4) is 0 Å². The third-order valence-electron chi connectivity index (χ3n) is 8.30. The molecule has 0 atom stereocenters. The van der Waals surface area contributed by atoms with Crippen molar-refractivity contribution >= 4 is 17.6 Å². The summed E-state index contributed by atoms with van der Waals surface area (Å²) in [5.41, 5.74) is 5.44. The van der Waals surface area contributed by atoms with Crippen LogP contribution in [-0.4, -0.2) is 21.2 Å². The van der Waals surface area contributed by atoms with Gasteiger partial charge in [-0.2, -0.15) is 0 Å². The van der Waals surface area contributed by atoms with E-state index in [1.165, 1.54) is 0 Å². The first-order chi connectivity index (χ1) is 18.9. The molecule has 2 fully saturated rings. The van der Waals surface area contributed by atoms with Crippen LogP contribution in [0.5, 0.6) is 17.4 Å². The average molecular weight is 543 g/mol. The molecule has 3 heterocycles. The number of carboxylic acids is 1. The molecule has 8 heteroatoms. The molecule has 0 radical (unpaired) electrons. The fourth-order valence-corrected chi connectivity index (χ4v) is 6.20. The van der Waals surface area contributed by atoms with Crippen LogP contribution in [0.25, 0.3) is 11.3 Å². The molecule has 0 bridgehead atoms. The largest absolute Gasteiger partial charge is 0.478 e. The van der Waals surface area contributed by atoms with Gasteiger partial charge in [0.1, 0.15) is 29.6 Å². The molecule has 1 aliphatic heterocycles. The van der Waals surface area contributed by atoms with Crippen molar-refractivity contribution in [2.24, 2.45) is 0 Å². The zero-order chi connectivity index (χ0) is 26.7. The number of nitrogens with zero attached hydrogens (tertiary/aromatic N) is 2. The van der Waals surface area contributed by atoms with Crippen molar-refractivity contribution in [3.05, 3.63) is 87.3 Å². The molecule has 2 aromatic carbocycles. The molecular weight excluding hydrogens is 516 g/mol. The lowest BCUT2D eigenvalue weighted by Gasteiger charge is -2.41. The molecule has 4 aromatic rings. The van der Waals surface area contributed by atoms with E-state index in [2.05, 4.69) is 5.16 Å². The molecule has 7 nitrogen and oxygen atoms in total. The minimum absolute atomic E-state index is 0.152. The topological polar surface area (TPSA) is 94.7 Å². The molecule has 2 saturated carbocycles. The van der Waals surface area contributed by atoms with E-state index in [0.717, 1.165) is 77.9 Å². The van der Waals surface area contributed by atoms with Crippen LogP contribution < -0.4 is 9.47 Å². The number of aryl methyl sites for hydroxylation is 1. The van der Waals surface area contributed by atoms with Gasteiger partial charge < -0.3 is 19.1 Å². The van der Waals surface area contributed by atoms with E-state index >= 15 is 0 Å². The van der Waals surface area contributed by atoms with Gasteiger partial charge in [-0.05, 0) is 74.4 Å². The smallest absolute Gasteiger partial charge is 0.335 e. The van der Waals surface area contributed by atoms with Gasteiger partial charge in [-0.3, -0.25) is 0 Å². The molecule has 1 N–H and O–H groups in total. The maximum Gasteiger partial charge on any atom is 0.335 e. The number of aromatic nitrogens is 2. The number of fused-ring (bicyclic) bond motifs is 3. The van der Waals surface area contributed by atoms with Crippen molar-refractivity contribution in [2.45, 2.75) is 63.4 Å². The van der Waals surface area contributed by atoms with Crippen LogP contribution in [0.4, 0.5) is 0 Å². The number of ether oxygens (including phenoxy) is 2. The fraction of sp³-hybridized carbons (Fsp3) is 0.323. The van der Waals surface area contributed by atoms with Crippen LogP contribution in [0.15, 0.2) is 53.1 Å².